The Hall–Kier alpha value is -2.21. The van der Waals surface area contributed by atoms with Gasteiger partial charge in [0.05, 0.1) is 13.1 Å². The fourth-order valence-electron chi connectivity index (χ4n) is 2.96. The van der Waals surface area contributed by atoms with E-state index < -0.39 is 0 Å². The molecular formula is C18H25N5O. The third-order valence-electron chi connectivity index (χ3n) is 4.61. The molecule has 0 radical (unpaired) electrons. The first-order valence-electron chi connectivity index (χ1n) is 8.51. The van der Waals surface area contributed by atoms with Crippen molar-refractivity contribution in [1.29, 1.82) is 0 Å². The number of hydrogen-bond donors (Lipinski definition) is 1. The number of carbonyl (C=O) groups is 1. The third-order valence-corrected chi connectivity index (χ3v) is 4.61. The molecule has 1 fully saturated rings. The maximum atomic E-state index is 12.5. The quantitative estimate of drug-likeness (QED) is 0.910. The molecule has 1 saturated heterocycles. The van der Waals surface area contributed by atoms with Crippen LogP contribution in [0.3, 0.4) is 0 Å². The highest BCUT2D eigenvalue weighted by Gasteiger charge is 2.24. The Kier molecular flexibility index (Phi) is 4.94. The molecule has 6 heteroatoms. The van der Waals surface area contributed by atoms with Crippen LogP contribution in [0.2, 0.25) is 0 Å². The minimum atomic E-state index is 0.176. The lowest BCUT2D eigenvalue weighted by molar-refractivity contribution is -0.136. The van der Waals surface area contributed by atoms with Gasteiger partial charge in [0.15, 0.2) is 0 Å². The van der Waals surface area contributed by atoms with E-state index in [1.54, 1.807) is 0 Å². The van der Waals surface area contributed by atoms with E-state index in [2.05, 4.69) is 52.1 Å². The number of nitrogens with one attached hydrogen (secondary N) is 1. The van der Waals surface area contributed by atoms with E-state index in [1.165, 1.54) is 16.7 Å². The summed E-state index contributed by atoms with van der Waals surface area (Å²) in [5.74, 6) is 1.83. The minimum absolute atomic E-state index is 0.176. The number of nitrogens with zero attached hydrogens (tertiary/aromatic N) is 4. The predicted molar refractivity (Wildman–Crippen MR) is 92.4 cm³/mol. The first-order chi connectivity index (χ1) is 11.5. The van der Waals surface area contributed by atoms with Crippen LogP contribution >= 0.6 is 0 Å². The molecule has 6 nitrogen and oxygen atoms in total. The van der Waals surface area contributed by atoms with Crippen molar-refractivity contribution in [3.8, 4) is 0 Å². The summed E-state index contributed by atoms with van der Waals surface area (Å²) in [6.45, 7) is 9.64. The van der Waals surface area contributed by atoms with E-state index in [1.807, 2.05) is 11.8 Å². The molecule has 0 aliphatic carbocycles. The van der Waals surface area contributed by atoms with Crippen LogP contribution in [0.5, 0.6) is 0 Å². The third kappa shape index (κ3) is 3.82. The molecule has 24 heavy (non-hydrogen) atoms. The van der Waals surface area contributed by atoms with Gasteiger partial charge in [-0.15, -0.1) is 0 Å². The summed E-state index contributed by atoms with van der Waals surface area (Å²) in [4.78, 5) is 20.9. The maximum absolute atomic E-state index is 12.5. The van der Waals surface area contributed by atoms with Crippen LogP contribution in [0.4, 0.5) is 0 Å². The average molecular weight is 327 g/mol. The SMILES string of the molecule is CCc1n[nH]c(CN2CCN(Cc3ccc(C)c(C)c3)C(=O)C2)n1. The van der Waals surface area contributed by atoms with Gasteiger partial charge in [-0.25, -0.2) is 4.98 Å². The smallest absolute Gasteiger partial charge is 0.237 e. The number of rotatable bonds is 5. The van der Waals surface area contributed by atoms with Crippen molar-refractivity contribution in [2.75, 3.05) is 19.6 Å². The number of aryl methyl sites for hydroxylation is 3. The number of carbonyl (C=O) groups excluding carboxylic acids is 1. The van der Waals surface area contributed by atoms with Gasteiger partial charge in [0.25, 0.3) is 0 Å². The molecule has 128 valence electrons. The molecule has 1 aromatic heterocycles. The molecule has 0 spiro atoms. The van der Waals surface area contributed by atoms with Crippen molar-refractivity contribution in [2.45, 2.75) is 40.3 Å². The Bertz CT molecular complexity index is 724. The van der Waals surface area contributed by atoms with Crippen molar-refractivity contribution in [3.63, 3.8) is 0 Å². The van der Waals surface area contributed by atoms with Crippen molar-refractivity contribution >= 4 is 5.91 Å². The van der Waals surface area contributed by atoms with Crippen LogP contribution < -0.4 is 0 Å². The van der Waals surface area contributed by atoms with Crippen LogP contribution in [-0.2, 0) is 24.3 Å². The second-order valence-electron chi connectivity index (χ2n) is 6.50. The number of amides is 1. The second-order valence-corrected chi connectivity index (χ2v) is 6.50. The molecule has 2 aromatic rings. The zero-order valence-corrected chi connectivity index (χ0v) is 14.7. The molecule has 1 aliphatic rings. The first-order valence-corrected chi connectivity index (χ1v) is 8.51. The normalized spacial score (nSPS) is 16.0. The van der Waals surface area contributed by atoms with E-state index in [9.17, 15) is 4.79 Å². The number of benzene rings is 1. The molecular weight excluding hydrogens is 302 g/mol. The lowest BCUT2D eigenvalue weighted by Gasteiger charge is -2.34. The number of aromatic nitrogens is 3. The summed E-state index contributed by atoms with van der Waals surface area (Å²) in [6.07, 6.45) is 0.819. The Morgan fingerprint density at radius 3 is 2.67 bits per heavy atom. The van der Waals surface area contributed by atoms with E-state index in [-0.39, 0.29) is 5.91 Å². The van der Waals surface area contributed by atoms with Crippen molar-refractivity contribution < 1.29 is 4.79 Å². The standard InChI is InChI=1S/C18H25N5O/c1-4-16-19-17(21-20-16)11-22-7-8-23(18(24)12-22)10-15-6-5-13(2)14(3)9-15/h5-6,9H,4,7-8,10-12H2,1-3H3,(H,19,20,21). The minimum Gasteiger partial charge on any atom is -0.336 e. The summed E-state index contributed by atoms with van der Waals surface area (Å²) in [6, 6.07) is 6.42. The lowest BCUT2D eigenvalue weighted by Crippen LogP contribution is -2.49. The number of piperazine rings is 1. The summed E-state index contributed by atoms with van der Waals surface area (Å²) < 4.78 is 0. The van der Waals surface area contributed by atoms with Gasteiger partial charge in [-0.05, 0) is 30.5 Å². The predicted octanol–water partition coefficient (Wildman–Crippen LogP) is 1.83. The highest BCUT2D eigenvalue weighted by molar-refractivity contribution is 5.79. The van der Waals surface area contributed by atoms with Gasteiger partial charge in [0, 0.05) is 26.1 Å². The van der Waals surface area contributed by atoms with Gasteiger partial charge in [-0.1, -0.05) is 25.1 Å². The van der Waals surface area contributed by atoms with E-state index in [0.717, 1.165) is 31.2 Å². The van der Waals surface area contributed by atoms with Crippen LogP contribution in [-0.4, -0.2) is 50.5 Å². The number of hydrogen-bond acceptors (Lipinski definition) is 4. The molecule has 0 bridgehead atoms. The molecule has 1 aromatic carbocycles. The monoisotopic (exact) mass is 327 g/mol. The van der Waals surface area contributed by atoms with Crippen LogP contribution in [0, 0.1) is 13.8 Å². The number of H-pyrrole nitrogens is 1. The summed E-state index contributed by atoms with van der Waals surface area (Å²) >= 11 is 0. The zero-order valence-electron chi connectivity index (χ0n) is 14.7. The fraction of sp³-hybridized carbons (Fsp3) is 0.500. The van der Waals surface area contributed by atoms with Gasteiger partial charge in [0.1, 0.15) is 11.6 Å². The molecule has 3 rings (SSSR count). The highest BCUT2D eigenvalue weighted by Crippen LogP contribution is 2.14. The maximum Gasteiger partial charge on any atom is 0.237 e. The first kappa shape index (κ1) is 16.6. The average Bonchev–Trinajstić information content (AvgIpc) is 3.01. The summed E-state index contributed by atoms with van der Waals surface area (Å²) in [7, 11) is 0. The van der Waals surface area contributed by atoms with Crippen molar-refractivity contribution in [1.82, 2.24) is 25.0 Å². The lowest BCUT2D eigenvalue weighted by atomic mass is 10.1. The molecule has 0 unspecified atom stereocenters. The van der Waals surface area contributed by atoms with Gasteiger partial charge < -0.3 is 4.90 Å². The molecule has 0 atom stereocenters. The topological polar surface area (TPSA) is 65.1 Å². The molecule has 1 N–H and O–H groups in total. The van der Waals surface area contributed by atoms with Gasteiger partial charge in [0.2, 0.25) is 5.91 Å². The Balaban J connectivity index is 1.56. The van der Waals surface area contributed by atoms with Gasteiger partial charge in [-0.2, -0.15) is 5.10 Å². The van der Waals surface area contributed by atoms with Crippen LogP contribution in [0.15, 0.2) is 18.2 Å². The second kappa shape index (κ2) is 7.13. The van der Waals surface area contributed by atoms with E-state index in [0.29, 0.717) is 19.6 Å². The zero-order chi connectivity index (χ0) is 17.1. The Labute approximate surface area is 142 Å². The van der Waals surface area contributed by atoms with Crippen LogP contribution in [0.25, 0.3) is 0 Å². The summed E-state index contributed by atoms with van der Waals surface area (Å²) in [5.41, 5.74) is 3.76. The molecule has 0 saturated carbocycles. The Morgan fingerprint density at radius 1 is 1.17 bits per heavy atom. The number of aromatic amines is 1. The van der Waals surface area contributed by atoms with Crippen molar-refractivity contribution in [3.05, 3.63) is 46.5 Å². The van der Waals surface area contributed by atoms with E-state index >= 15 is 0 Å². The Morgan fingerprint density at radius 2 is 2.00 bits per heavy atom. The van der Waals surface area contributed by atoms with Gasteiger partial charge >= 0.3 is 0 Å². The molecule has 1 amide bonds. The molecule has 2 heterocycles. The highest BCUT2D eigenvalue weighted by atomic mass is 16.2. The molecule has 1 aliphatic heterocycles. The largest absolute Gasteiger partial charge is 0.336 e. The van der Waals surface area contributed by atoms with Gasteiger partial charge in [-0.3, -0.25) is 14.8 Å². The fourth-order valence-corrected chi connectivity index (χ4v) is 2.96. The van der Waals surface area contributed by atoms with E-state index in [4.69, 9.17) is 0 Å². The summed E-state index contributed by atoms with van der Waals surface area (Å²) in [5, 5.41) is 7.10. The van der Waals surface area contributed by atoms with Crippen LogP contribution in [0.1, 0.15) is 35.3 Å². The van der Waals surface area contributed by atoms with Crippen molar-refractivity contribution in [2.24, 2.45) is 0 Å².